The summed E-state index contributed by atoms with van der Waals surface area (Å²) in [5, 5.41) is 8.55. The maximum atomic E-state index is 11.7. The van der Waals surface area contributed by atoms with Crippen LogP contribution in [0.25, 0.3) is 0 Å². The predicted molar refractivity (Wildman–Crippen MR) is 94.1 cm³/mol. The largest absolute Gasteiger partial charge is 0.493 e. The van der Waals surface area contributed by atoms with Crippen LogP contribution in [-0.2, 0) is 9.59 Å². The number of nitrogens with one attached hydrogen (secondary N) is 3. The van der Waals surface area contributed by atoms with Crippen molar-refractivity contribution in [3.05, 3.63) is 18.2 Å². The second-order valence-corrected chi connectivity index (χ2v) is 5.40. The van der Waals surface area contributed by atoms with E-state index in [1.54, 1.807) is 25.2 Å². The number of amides is 2. The van der Waals surface area contributed by atoms with E-state index < -0.39 is 0 Å². The topological polar surface area (TPSA) is 88.7 Å². The third-order valence-corrected chi connectivity index (χ3v) is 3.35. The summed E-state index contributed by atoms with van der Waals surface area (Å²) in [5.74, 6) is 0.683. The molecule has 1 aliphatic carbocycles. The van der Waals surface area contributed by atoms with Gasteiger partial charge in [-0.2, -0.15) is 0 Å². The van der Waals surface area contributed by atoms with E-state index in [0.29, 0.717) is 36.2 Å². The number of carbonyl (C=O) groups excluding carboxylic acids is 2. The molecule has 2 amide bonds. The molecular weight excluding hydrogens is 334 g/mol. The monoisotopic (exact) mass is 357 g/mol. The number of anilines is 1. The molecule has 0 atom stereocenters. The molecule has 0 saturated heterocycles. The Labute approximate surface area is 147 Å². The lowest BCUT2D eigenvalue weighted by molar-refractivity contribution is -0.123. The maximum absolute atomic E-state index is 11.7. The van der Waals surface area contributed by atoms with Crippen LogP contribution in [0.4, 0.5) is 5.69 Å². The fraction of sp³-hybridized carbons (Fsp3) is 0.500. The molecule has 7 nitrogen and oxygen atoms in total. The molecule has 134 valence electrons. The minimum atomic E-state index is -0.155. The Bertz CT molecular complexity index is 564. The van der Waals surface area contributed by atoms with E-state index in [4.69, 9.17) is 9.47 Å². The zero-order valence-electron chi connectivity index (χ0n) is 13.9. The quantitative estimate of drug-likeness (QED) is 0.620. The molecule has 1 aromatic rings. The Balaban J connectivity index is 0.00000288. The Morgan fingerprint density at radius 2 is 1.96 bits per heavy atom. The van der Waals surface area contributed by atoms with Crippen LogP contribution < -0.4 is 25.4 Å². The smallest absolute Gasteiger partial charge is 0.258 e. The summed E-state index contributed by atoms with van der Waals surface area (Å²) in [6.45, 7) is 0.525. The predicted octanol–water partition coefficient (Wildman–Crippen LogP) is 1.32. The summed E-state index contributed by atoms with van der Waals surface area (Å²) >= 11 is 0. The number of ether oxygens (including phenoxy) is 2. The number of hydrogen-bond acceptors (Lipinski definition) is 5. The molecule has 1 aromatic carbocycles. The fourth-order valence-electron chi connectivity index (χ4n) is 1.97. The number of benzene rings is 1. The number of rotatable bonds is 9. The van der Waals surface area contributed by atoms with Gasteiger partial charge in [0.1, 0.15) is 0 Å². The van der Waals surface area contributed by atoms with Gasteiger partial charge < -0.3 is 25.4 Å². The molecule has 1 saturated carbocycles. The standard InChI is InChI=1S/C16H23N3O4.ClH/c1-17-8-7-15(20)19-12-5-6-13(22-2)14(9-12)23-10-16(21)18-11-3-4-11;/h5-6,9,11,17H,3-4,7-8,10H2,1-2H3,(H,18,21)(H,19,20);1H. The molecule has 0 unspecified atom stereocenters. The van der Waals surface area contributed by atoms with Gasteiger partial charge in [-0.25, -0.2) is 0 Å². The molecule has 0 aromatic heterocycles. The van der Waals surface area contributed by atoms with E-state index in [-0.39, 0.29) is 30.8 Å². The van der Waals surface area contributed by atoms with E-state index in [9.17, 15) is 9.59 Å². The van der Waals surface area contributed by atoms with Gasteiger partial charge in [0.15, 0.2) is 18.1 Å². The van der Waals surface area contributed by atoms with Gasteiger partial charge in [0, 0.05) is 30.8 Å². The van der Waals surface area contributed by atoms with Crippen molar-refractivity contribution in [3.63, 3.8) is 0 Å². The summed E-state index contributed by atoms with van der Waals surface area (Å²) < 4.78 is 10.7. The van der Waals surface area contributed by atoms with Crippen LogP contribution in [0.3, 0.4) is 0 Å². The minimum absolute atomic E-state index is 0. The third kappa shape index (κ3) is 6.64. The molecule has 0 aliphatic heterocycles. The van der Waals surface area contributed by atoms with Gasteiger partial charge in [-0.1, -0.05) is 0 Å². The number of methoxy groups -OCH3 is 1. The number of halogens is 1. The van der Waals surface area contributed by atoms with E-state index >= 15 is 0 Å². The molecule has 3 N–H and O–H groups in total. The SMILES string of the molecule is CNCCC(=O)Nc1ccc(OC)c(OCC(=O)NC2CC2)c1.Cl. The van der Waals surface area contributed by atoms with Crippen LogP contribution >= 0.6 is 12.4 Å². The summed E-state index contributed by atoms with van der Waals surface area (Å²) in [6, 6.07) is 5.38. The second-order valence-electron chi connectivity index (χ2n) is 5.40. The lowest BCUT2D eigenvalue weighted by Crippen LogP contribution is -2.30. The van der Waals surface area contributed by atoms with E-state index in [0.717, 1.165) is 12.8 Å². The van der Waals surface area contributed by atoms with Crippen molar-refractivity contribution in [2.24, 2.45) is 0 Å². The minimum Gasteiger partial charge on any atom is -0.493 e. The molecule has 8 heteroatoms. The average molecular weight is 358 g/mol. The first-order valence-electron chi connectivity index (χ1n) is 7.67. The average Bonchev–Trinajstić information content (AvgIpc) is 3.35. The summed E-state index contributed by atoms with van der Waals surface area (Å²) in [4.78, 5) is 23.4. The van der Waals surface area contributed by atoms with Crippen LogP contribution in [-0.4, -0.2) is 45.2 Å². The highest BCUT2D eigenvalue weighted by atomic mass is 35.5. The first-order chi connectivity index (χ1) is 11.1. The van der Waals surface area contributed by atoms with Gasteiger partial charge in [0.25, 0.3) is 5.91 Å². The zero-order valence-corrected chi connectivity index (χ0v) is 14.7. The third-order valence-electron chi connectivity index (χ3n) is 3.35. The summed E-state index contributed by atoms with van der Waals surface area (Å²) in [7, 11) is 3.32. The molecule has 24 heavy (non-hydrogen) atoms. The summed E-state index contributed by atoms with van der Waals surface area (Å²) in [6.07, 6.45) is 2.44. The summed E-state index contributed by atoms with van der Waals surface area (Å²) in [5.41, 5.74) is 0.601. The lowest BCUT2D eigenvalue weighted by Gasteiger charge is -2.13. The number of carbonyl (C=O) groups is 2. The molecule has 0 heterocycles. The first kappa shape index (κ1) is 20.1. The van der Waals surface area contributed by atoms with Gasteiger partial charge in [0.2, 0.25) is 5.91 Å². The maximum Gasteiger partial charge on any atom is 0.258 e. The van der Waals surface area contributed by atoms with Crippen molar-refractivity contribution in [2.45, 2.75) is 25.3 Å². The van der Waals surface area contributed by atoms with Crippen molar-refractivity contribution in [1.82, 2.24) is 10.6 Å². The van der Waals surface area contributed by atoms with Gasteiger partial charge in [-0.05, 0) is 32.0 Å². The van der Waals surface area contributed by atoms with Gasteiger partial charge >= 0.3 is 0 Å². The molecule has 1 aliphatic rings. The fourth-order valence-corrected chi connectivity index (χ4v) is 1.97. The van der Waals surface area contributed by atoms with Crippen molar-refractivity contribution < 1.29 is 19.1 Å². The van der Waals surface area contributed by atoms with Crippen molar-refractivity contribution in [1.29, 1.82) is 0 Å². The molecule has 0 spiro atoms. The van der Waals surface area contributed by atoms with Crippen LogP contribution in [0.2, 0.25) is 0 Å². The highest BCUT2D eigenvalue weighted by Gasteiger charge is 2.23. The molecule has 1 fully saturated rings. The van der Waals surface area contributed by atoms with Crippen molar-refractivity contribution >= 4 is 29.9 Å². The highest BCUT2D eigenvalue weighted by Crippen LogP contribution is 2.30. The van der Waals surface area contributed by atoms with Crippen molar-refractivity contribution in [3.8, 4) is 11.5 Å². The van der Waals surface area contributed by atoms with E-state index in [2.05, 4.69) is 16.0 Å². The van der Waals surface area contributed by atoms with E-state index in [1.165, 1.54) is 7.11 Å². The van der Waals surface area contributed by atoms with E-state index in [1.807, 2.05) is 0 Å². The highest BCUT2D eigenvalue weighted by molar-refractivity contribution is 5.91. The Hall–Kier alpha value is -1.99. The first-order valence-corrected chi connectivity index (χ1v) is 7.67. The second kappa shape index (κ2) is 10.00. The molecule has 0 bridgehead atoms. The zero-order chi connectivity index (χ0) is 16.7. The molecule has 2 rings (SSSR count). The van der Waals surface area contributed by atoms with Crippen molar-refractivity contribution in [2.75, 3.05) is 32.6 Å². The Morgan fingerprint density at radius 1 is 1.21 bits per heavy atom. The van der Waals surface area contributed by atoms with Crippen LogP contribution in [0, 0.1) is 0 Å². The van der Waals surface area contributed by atoms with Crippen LogP contribution in [0.5, 0.6) is 11.5 Å². The normalized spacial score (nSPS) is 12.8. The number of hydrogen-bond donors (Lipinski definition) is 3. The lowest BCUT2D eigenvalue weighted by atomic mass is 10.2. The van der Waals surface area contributed by atoms with Crippen LogP contribution in [0.15, 0.2) is 18.2 Å². The Morgan fingerprint density at radius 3 is 2.58 bits per heavy atom. The van der Waals surface area contributed by atoms with Crippen LogP contribution in [0.1, 0.15) is 19.3 Å². The van der Waals surface area contributed by atoms with Gasteiger partial charge in [-0.3, -0.25) is 9.59 Å². The molecule has 0 radical (unpaired) electrons. The molecular formula is C16H24ClN3O4. The van der Waals surface area contributed by atoms with Gasteiger partial charge in [0.05, 0.1) is 7.11 Å². The van der Waals surface area contributed by atoms with Gasteiger partial charge in [-0.15, -0.1) is 12.4 Å². The Kier molecular flexibility index (Phi) is 8.35.